The Hall–Kier alpha value is -1.07. The highest BCUT2D eigenvalue weighted by Crippen LogP contribution is 2.37. The standard InChI is InChI=1S/C11H14O4S/c1-7(12)11-6-8-9(15-2)4-3-5-10(8)16(11,13)14/h3-5,7,11-12H,6H2,1-2H3. The molecule has 0 amide bonds. The third kappa shape index (κ3) is 1.51. The van der Waals surface area contributed by atoms with Crippen molar-refractivity contribution in [2.24, 2.45) is 0 Å². The minimum atomic E-state index is -3.41. The Morgan fingerprint density at radius 2 is 2.19 bits per heavy atom. The van der Waals surface area contributed by atoms with Crippen LogP contribution in [0.4, 0.5) is 0 Å². The Labute approximate surface area is 94.8 Å². The van der Waals surface area contributed by atoms with Crippen molar-refractivity contribution in [1.29, 1.82) is 0 Å². The maximum Gasteiger partial charge on any atom is 0.184 e. The Kier molecular flexibility index (Phi) is 2.67. The second-order valence-electron chi connectivity index (χ2n) is 3.97. The van der Waals surface area contributed by atoms with Gasteiger partial charge in [-0.15, -0.1) is 0 Å². The van der Waals surface area contributed by atoms with Gasteiger partial charge in [0, 0.05) is 5.56 Å². The van der Waals surface area contributed by atoms with Crippen LogP contribution >= 0.6 is 0 Å². The van der Waals surface area contributed by atoms with E-state index in [1.807, 2.05) is 0 Å². The van der Waals surface area contributed by atoms with Gasteiger partial charge in [0.05, 0.1) is 23.4 Å². The molecule has 0 radical (unpaired) electrons. The van der Waals surface area contributed by atoms with Crippen molar-refractivity contribution in [3.8, 4) is 5.75 Å². The normalized spacial score (nSPS) is 23.8. The maximum atomic E-state index is 12.1. The summed E-state index contributed by atoms with van der Waals surface area (Å²) in [6.45, 7) is 1.50. The molecule has 4 nitrogen and oxygen atoms in total. The highest BCUT2D eigenvalue weighted by atomic mass is 32.2. The van der Waals surface area contributed by atoms with Crippen molar-refractivity contribution in [2.45, 2.75) is 29.6 Å². The van der Waals surface area contributed by atoms with Crippen molar-refractivity contribution >= 4 is 9.84 Å². The van der Waals surface area contributed by atoms with Crippen LogP contribution in [0.5, 0.6) is 5.75 Å². The molecule has 0 spiro atoms. The minimum Gasteiger partial charge on any atom is -0.496 e. The van der Waals surface area contributed by atoms with Crippen LogP contribution in [-0.2, 0) is 16.3 Å². The quantitative estimate of drug-likeness (QED) is 0.832. The van der Waals surface area contributed by atoms with Gasteiger partial charge in [0.25, 0.3) is 0 Å². The number of methoxy groups -OCH3 is 1. The molecule has 0 saturated heterocycles. The Morgan fingerprint density at radius 1 is 1.50 bits per heavy atom. The van der Waals surface area contributed by atoms with E-state index in [0.29, 0.717) is 17.7 Å². The molecule has 1 aliphatic heterocycles. The first-order valence-electron chi connectivity index (χ1n) is 5.06. The Morgan fingerprint density at radius 3 is 2.75 bits per heavy atom. The van der Waals surface area contributed by atoms with Crippen LogP contribution in [0, 0.1) is 0 Å². The van der Waals surface area contributed by atoms with E-state index in [9.17, 15) is 13.5 Å². The van der Waals surface area contributed by atoms with Gasteiger partial charge in [-0.05, 0) is 25.5 Å². The van der Waals surface area contributed by atoms with E-state index in [-0.39, 0.29) is 4.90 Å². The maximum absolute atomic E-state index is 12.1. The molecule has 0 aliphatic carbocycles. The lowest BCUT2D eigenvalue weighted by Crippen LogP contribution is -2.29. The molecule has 0 saturated carbocycles. The van der Waals surface area contributed by atoms with Crippen molar-refractivity contribution in [3.63, 3.8) is 0 Å². The molecule has 16 heavy (non-hydrogen) atoms. The topological polar surface area (TPSA) is 63.6 Å². The van der Waals surface area contributed by atoms with Crippen LogP contribution in [-0.4, -0.2) is 32.0 Å². The number of sulfone groups is 1. The first-order valence-corrected chi connectivity index (χ1v) is 6.61. The Balaban J connectivity index is 2.60. The Bertz CT molecular complexity index is 505. The van der Waals surface area contributed by atoms with Gasteiger partial charge in [-0.25, -0.2) is 8.42 Å². The molecular formula is C11H14O4S. The van der Waals surface area contributed by atoms with E-state index in [0.717, 1.165) is 0 Å². The number of rotatable bonds is 2. The molecule has 0 fully saturated rings. The molecule has 1 aliphatic rings. The lowest BCUT2D eigenvalue weighted by molar-refractivity contribution is 0.188. The van der Waals surface area contributed by atoms with Gasteiger partial charge in [-0.3, -0.25) is 0 Å². The second kappa shape index (κ2) is 3.75. The SMILES string of the molecule is COc1cccc2c1CC(C(C)O)S2(=O)=O. The highest BCUT2D eigenvalue weighted by Gasteiger charge is 2.41. The molecule has 5 heteroatoms. The number of benzene rings is 1. The predicted molar refractivity (Wildman–Crippen MR) is 59.4 cm³/mol. The van der Waals surface area contributed by atoms with Crippen LogP contribution in [0.3, 0.4) is 0 Å². The lowest BCUT2D eigenvalue weighted by atomic mass is 10.1. The third-order valence-corrected chi connectivity index (χ3v) is 5.31. The van der Waals surface area contributed by atoms with Gasteiger partial charge in [0.15, 0.2) is 9.84 Å². The van der Waals surface area contributed by atoms with E-state index < -0.39 is 21.2 Å². The van der Waals surface area contributed by atoms with E-state index in [1.165, 1.54) is 14.0 Å². The fourth-order valence-corrected chi connectivity index (χ4v) is 4.13. The zero-order valence-corrected chi connectivity index (χ0v) is 9.99. The van der Waals surface area contributed by atoms with Crippen LogP contribution in [0.25, 0.3) is 0 Å². The molecule has 1 aromatic carbocycles. The number of fused-ring (bicyclic) bond motifs is 1. The molecule has 0 aromatic heterocycles. The van der Waals surface area contributed by atoms with Crippen LogP contribution < -0.4 is 4.74 Å². The van der Waals surface area contributed by atoms with Gasteiger partial charge >= 0.3 is 0 Å². The van der Waals surface area contributed by atoms with E-state index in [2.05, 4.69) is 0 Å². The molecule has 1 heterocycles. The number of aliphatic hydroxyl groups is 1. The summed E-state index contributed by atoms with van der Waals surface area (Å²) in [5, 5.41) is 8.75. The van der Waals surface area contributed by atoms with Gasteiger partial charge in [-0.2, -0.15) is 0 Å². The van der Waals surface area contributed by atoms with E-state index in [4.69, 9.17) is 4.74 Å². The summed E-state index contributed by atoms with van der Waals surface area (Å²) in [6.07, 6.45) is -0.554. The molecule has 1 N–H and O–H groups in total. The summed E-state index contributed by atoms with van der Waals surface area (Å²) in [5.74, 6) is 0.573. The summed E-state index contributed by atoms with van der Waals surface area (Å²) >= 11 is 0. The zero-order valence-electron chi connectivity index (χ0n) is 9.17. The third-order valence-electron chi connectivity index (χ3n) is 2.96. The van der Waals surface area contributed by atoms with E-state index >= 15 is 0 Å². The van der Waals surface area contributed by atoms with Gasteiger partial charge < -0.3 is 9.84 Å². The first kappa shape index (κ1) is 11.4. The van der Waals surface area contributed by atoms with Gasteiger partial charge in [-0.1, -0.05) is 6.07 Å². The second-order valence-corrected chi connectivity index (χ2v) is 6.10. The molecule has 1 aromatic rings. The number of aliphatic hydroxyl groups excluding tert-OH is 1. The van der Waals surface area contributed by atoms with Crippen molar-refractivity contribution in [3.05, 3.63) is 23.8 Å². The smallest absolute Gasteiger partial charge is 0.184 e. The fraction of sp³-hybridized carbons (Fsp3) is 0.455. The average molecular weight is 242 g/mol. The minimum absolute atomic E-state index is 0.290. The number of hydrogen-bond acceptors (Lipinski definition) is 4. The fourth-order valence-electron chi connectivity index (χ4n) is 2.11. The zero-order chi connectivity index (χ0) is 11.9. The van der Waals surface area contributed by atoms with Gasteiger partial charge in [0.2, 0.25) is 0 Å². The van der Waals surface area contributed by atoms with Gasteiger partial charge in [0.1, 0.15) is 5.75 Å². The highest BCUT2D eigenvalue weighted by molar-refractivity contribution is 7.92. The van der Waals surface area contributed by atoms with Crippen molar-refractivity contribution in [2.75, 3.05) is 7.11 Å². The van der Waals surface area contributed by atoms with Crippen molar-refractivity contribution < 1.29 is 18.3 Å². The summed E-state index contributed by atoms with van der Waals surface area (Å²) in [7, 11) is -1.90. The van der Waals surface area contributed by atoms with Crippen LogP contribution in [0.15, 0.2) is 23.1 Å². The molecular weight excluding hydrogens is 228 g/mol. The molecule has 2 rings (SSSR count). The number of hydrogen-bond donors (Lipinski definition) is 1. The average Bonchev–Trinajstić information content (AvgIpc) is 2.51. The lowest BCUT2D eigenvalue weighted by Gasteiger charge is -2.11. The van der Waals surface area contributed by atoms with E-state index in [1.54, 1.807) is 18.2 Å². The first-order chi connectivity index (χ1) is 7.48. The van der Waals surface area contributed by atoms with Crippen LogP contribution in [0.1, 0.15) is 12.5 Å². The molecule has 88 valence electrons. The van der Waals surface area contributed by atoms with Crippen LogP contribution in [0.2, 0.25) is 0 Å². The molecule has 2 atom stereocenters. The monoisotopic (exact) mass is 242 g/mol. The summed E-state index contributed by atoms with van der Waals surface area (Å²) < 4.78 is 29.3. The largest absolute Gasteiger partial charge is 0.496 e. The molecule has 0 bridgehead atoms. The predicted octanol–water partition coefficient (Wildman–Crippen LogP) is 0.774. The number of ether oxygens (including phenoxy) is 1. The summed E-state index contributed by atoms with van der Waals surface area (Å²) in [6, 6.07) is 4.95. The van der Waals surface area contributed by atoms with Crippen molar-refractivity contribution in [1.82, 2.24) is 0 Å². The molecule has 2 unspecified atom stereocenters. The summed E-state index contributed by atoms with van der Waals surface area (Å²) in [4.78, 5) is 0.290. The summed E-state index contributed by atoms with van der Waals surface area (Å²) in [5.41, 5.74) is 0.677.